The van der Waals surface area contributed by atoms with Gasteiger partial charge < -0.3 is 4.74 Å². The Balaban J connectivity index is 1.46. The molecule has 4 saturated carbocycles. The normalized spacial score (nSPS) is 39.0. The highest BCUT2D eigenvalue weighted by Gasteiger charge is 2.57. The van der Waals surface area contributed by atoms with E-state index in [1.54, 1.807) is 24.3 Å². The van der Waals surface area contributed by atoms with Crippen LogP contribution in [0.3, 0.4) is 0 Å². The van der Waals surface area contributed by atoms with Crippen LogP contribution in [0, 0.1) is 17.3 Å². The lowest BCUT2D eigenvalue weighted by molar-refractivity contribution is -0.141. The molecule has 4 aliphatic carbocycles. The standard InChI is InChI=1S/C18H20BrClO2/c19-18-8-12-5-13(9-18)7-17(6-12,11-18)10-16(21)22-15-3-1-14(20)2-4-15/h1-4,12-13H,5-11H2/t12-,13+,17?,18?. The van der Waals surface area contributed by atoms with Crippen LogP contribution in [0.2, 0.25) is 5.02 Å². The molecule has 0 spiro atoms. The zero-order valence-electron chi connectivity index (χ0n) is 12.5. The number of ether oxygens (including phenoxy) is 1. The molecule has 0 aliphatic heterocycles. The molecule has 1 aromatic rings. The van der Waals surface area contributed by atoms with Gasteiger partial charge in [0.05, 0.1) is 6.42 Å². The van der Waals surface area contributed by atoms with Crippen molar-refractivity contribution in [2.45, 2.75) is 49.3 Å². The molecule has 5 rings (SSSR count). The van der Waals surface area contributed by atoms with Crippen LogP contribution in [0.25, 0.3) is 0 Å². The Kier molecular flexibility index (Phi) is 3.58. The summed E-state index contributed by atoms with van der Waals surface area (Å²) in [6.07, 6.45) is 8.02. The molecule has 2 unspecified atom stereocenters. The van der Waals surface area contributed by atoms with E-state index in [-0.39, 0.29) is 15.7 Å². The lowest BCUT2D eigenvalue weighted by Gasteiger charge is -2.60. The minimum atomic E-state index is -0.0969. The summed E-state index contributed by atoms with van der Waals surface area (Å²) in [6.45, 7) is 0. The highest BCUT2D eigenvalue weighted by molar-refractivity contribution is 9.10. The zero-order valence-corrected chi connectivity index (χ0v) is 14.8. The van der Waals surface area contributed by atoms with E-state index >= 15 is 0 Å². The van der Waals surface area contributed by atoms with Crippen molar-refractivity contribution in [3.63, 3.8) is 0 Å². The number of alkyl halides is 1. The van der Waals surface area contributed by atoms with E-state index in [1.165, 1.54) is 32.1 Å². The van der Waals surface area contributed by atoms with Gasteiger partial charge >= 0.3 is 5.97 Å². The van der Waals surface area contributed by atoms with Crippen LogP contribution in [-0.2, 0) is 4.79 Å². The minimum absolute atomic E-state index is 0.0969. The number of carbonyl (C=O) groups excluding carboxylic acids is 1. The van der Waals surface area contributed by atoms with Gasteiger partial charge in [0.2, 0.25) is 0 Å². The monoisotopic (exact) mass is 382 g/mol. The third-order valence-corrected chi connectivity index (χ3v) is 6.86. The van der Waals surface area contributed by atoms with Crippen molar-refractivity contribution in [1.82, 2.24) is 0 Å². The van der Waals surface area contributed by atoms with Gasteiger partial charge in [0.1, 0.15) is 5.75 Å². The lowest BCUT2D eigenvalue weighted by atomic mass is 9.49. The second kappa shape index (κ2) is 5.24. The molecule has 2 nitrogen and oxygen atoms in total. The van der Waals surface area contributed by atoms with Crippen LogP contribution in [-0.4, -0.2) is 10.3 Å². The second-order valence-corrected chi connectivity index (χ2v) is 9.84. The SMILES string of the molecule is O=C(CC12C[C@@H]3C[C@@H](CC(Br)(C3)C1)C2)Oc1ccc(Cl)cc1. The van der Waals surface area contributed by atoms with Gasteiger partial charge in [0, 0.05) is 9.35 Å². The van der Waals surface area contributed by atoms with E-state index in [2.05, 4.69) is 15.9 Å². The Labute approximate surface area is 144 Å². The molecule has 4 heteroatoms. The zero-order chi connectivity index (χ0) is 15.4. The third-order valence-electron chi connectivity index (χ3n) is 5.68. The van der Waals surface area contributed by atoms with E-state index in [0.29, 0.717) is 17.2 Å². The quantitative estimate of drug-likeness (QED) is 0.398. The first-order chi connectivity index (χ1) is 10.4. The van der Waals surface area contributed by atoms with Crippen molar-refractivity contribution < 1.29 is 9.53 Å². The molecule has 4 fully saturated rings. The van der Waals surface area contributed by atoms with E-state index in [4.69, 9.17) is 16.3 Å². The molecule has 118 valence electrons. The number of hydrogen-bond acceptors (Lipinski definition) is 2. The number of rotatable bonds is 3. The summed E-state index contributed by atoms with van der Waals surface area (Å²) in [5, 5.41) is 0.655. The molecule has 4 bridgehead atoms. The van der Waals surface area contributed by atoms with Gasteiger partial charge in [-0.05, 0) is 80.0 Å². The van der Waals surface area contributed by atoms with Crippen LogP contribution in [0.1, 0.15) is 44.9 Å². The fourth-order valence-corrected chi connectivity index (χ4v) is 7.16. The molecular weight excluding hydrogens is 364 g/mol. The summed E-state index contributed by atoms with van der Waals surface area (Å²) in [4.78, 5) is 12.4. The molecule has 4 atom stereocenters. The first-order valence-corrected chi connectivity index (χ1v) is 9.26. The Morgan fingerprint density at radius 3 is 2.41 bits per heavy atom. The smallest absolute Gasteiger partial charge is 0.311 e. The van der Waals surface area contributed by atoms with Gasteiger partial charge in [-0.2, -0.15) is 0 Å². The summed E-state index contributed by atoms with van der Waals surface area (Å²) in [5.41, 5.74) is 0.164. The first-order valence-electron chi connectivity index (χ1n) is 8.09. The minimum Gasteiger partial charge on any atom is -0.427 e. The molecule has 0 heterocycles. The van der Waals surface area contributed by atoms with E-state index in [0.717, 1.165) is 18.3 Å². The van der Waals surface area contributed by atoms with Crippen LogP contribution < -0.4 is 4.74 Å². The molecule has 22 heavy (non-hydrogen) atoms. The van der Waals surface area contributed by atoms with Crippen LogP contribution in [0.4, 0.5) is 0 Å². The van der Waals surface area contributed by atoms with Crippen molar-refractivity contribution in [2.75, 3.05) is 0 Å². The van der Waals surface area contributed by atoms with Crippen molar-refractivity contribution in [3.8, 4) is 5.75 Å². The predicted octanol–water partition coefficient (Wildman–Crippen LogP) is 5.37. The fourth-order valence-electron chi connectivity index (χ4n) is 5.52. The summed E-state index contributed by atoms with van der Waals surface area (Å²) in [5.74, 6) is 2.08. The van der Waals surface area contributed by atoms with Gasteiger partial charge in [0.25, 0.3) is 0 Å². The number of carbonyl (C=O) groups is 1. The van der Waals surface area contributed by atoms with Crippen molar-refractivity contribution >= 4 is 33.5 Å². The van der Waals surface area contributed by atoms with E-state index in [9.17, 15) is 4.79 Å². The Morgan fingerprint density at radius 1 is 1.18 bits per heavy atom. The average Bonchev–Trinajstić information content (AvgIpc) is 2.37. The molecular formula is C18H20BrClO2. The maximum absolute atomic E-state index is 12.4. The Bertz CT molecular complexity index is 584. The number of benzene rings is 1. The van der Waals surface area contributed by atoms with Crippen molar-refractivity contribution in [2.24, 2.45) is 17.3 Å². The Hall–Kier alpha value is -0.540. The van der Waals surface area contributed by atoms with Gasteiger partial charge in [-0.25, -0.2) is 0 Å². The number of hydrogen-bond donors (Lipinski definition) is 0. The van der Waals surface area contributed by atoms with Gasteiger partial charge in [-0.15, -0.1) is 0 Å². The van der Waals surface area contributed by atoms with Crippen molar-refractivity contribution in [3.05, 3.63) is 29.3 Å². The maximum Gasteiger partial charge on any atom is 0.311 e. The van der Waals surface area contributed by atoms with E-state index < -0.39 is 0 Å². The maximum atomic E-state index is 12.4. The summed E-state index contributed by atoms with van der Waals surface area (Å²) in [6, 6.07) is 7.02. The van der Waals surface area contributed by atoms with Crippen LogP contribution >= 0.6 is 27.5 Å². The predicted molar refractivity (Wildman–Crippen MR) is 90.5 cm³/mol. The largest absolute Gasteiger partial charge is 0.427 e. The molecule has 0 aromatic heterocycles. The lowest BCUT2D eigenvalue weighted by Crippen LogP contribution is -2.53. The second-order valence-electron chi connectivity index (χ2n) is 7.72. The number of esters is 1. The van der Waals surface area contributed by atoms with Crippen LogP contribution in [0.5, 0.6) is 5.75 Å². The molecule has 0 radical (unpaired) electrons. The third kappa shape index (κ3) is 2.82. The molecule has 0 N–H and O–H groups in total. The number of halogens is 2. The average molecular weight is 384 g/mol. The molecule has 0 saturated heterocycles. The Morgan fingerprint density at radius 2 is 1.82 bits per heavy atom. The van der Waals surface area contributed by atoms with Crippen molar-refractivity contribution in [1.29, 1.82) is 0 Å². The first kappa shape index (κ1) is 15.0. The van der Waals surface area contributed by atoms with Crippen LogP contribution in [0.15, 0.2) is 24.3 Å². The van der Waals surface area contributed by atoms with Gasteiger partial charge in [-0.3, -0.25) is 4.79 Å². The molecule has 1 aromatic carbocycles. The fraction of sp³-hybridized carbons (Fsp3) is 0.611. The highest BCUT2D eigenvalue weighted by atomic mass is 79.9. The van der Waals surface area contributed by atoms with Gasteiger partial charge in [-0.1, -0.05) is 27.5 Å². The van der Waals surface area contributed by atoms with Gasteiger partial charge in [0.15, 0.2) is 0 Å². The van der Waals surface area contributed by atoms with E-state index in [1.807, 2.05) is 0 Å². The topological polar surface area (TPSA) is 26.3 Å². The highest BCUT2D eigenvalue weighted by Crippen LogP contribution is 2.65. The molecule has 4 aliphatic rings. The molecule has 0 amide bonds. The summed E-state index contributed by atoms with van der Waals surface area (Å²) < 4.78 is 5.82. The summed E-state index contributed by atoms with van der Waals surface area (Å²) in [7, 11) is 0. The summed E-state index contributed by atoms with van der Waals surface area (Å²) >= 11 is 9.85.